The molecule has 0 radical (unpaired) electrons. The third kappa shape index (κ3) is 3.72. The molecule has 0 aliphatic rings. The van der Waals surface area contributed by atoms with Crippen LogP contribution in [-0.4, -0.2) is 48.9 Å². The van der Waals surface area contributed by atoms with Crippen LogP contribution in [0.3, 0.4) is 0 Å². The van der Waals surface area contributed by atoms with Crippen molar-refractivity contribution in [3.05, 3.63) is 66.0 Å². The third-order valence-electron chi connectivity index (χ3n) is 3.87. The van der Waals surface area contributed by atoms with Gasteiger partial charge in [-0.05, 0) is 19.1 Å². The van der Waals surface area contributed by atoms with Gasteiger partial charge in [0.1, 0.15) is 6.07 Å². The molecule has 0 fully saturated rings. The van der Waals surface area contributed by atoms with Crippen LogP contribution in [0.5, 0.6) is 0 Å². The summed E-state index contributed by atoms with van der Waals surface area (Å²) in [5.41, 5.74) is 2.11. The van der Waals surface area contributed by atoms with Gasteiger partial charge in [0.2, 0.25) is 0 Å². The second kappa shape index (κ2) is 7.98. The van der Waals surface area contributed by atoms with Gasteiger partial charge in [-0.1, -0.05) is 12.1 Å². The molecule has 2 aromatic heterocycles. The van der Waals surface area contributed by atoms with Gasteiger partial charge >= 0.3 is 0 Å². The molecule has 0 unspecified atom stereocenters. The van der Waals surface area contributed by atoms with Crippen LogP contribution in [0.2, 0.25) is 0 Å². The standard InChI is InChI=1S/C18H17N7O/c1-2-24(10-7-14-12-20-13-15(11-19)23-14)18(26)16-5-3-4-6-17(16)25-21-8-9-22-25/h3-6,8-9,12-13H,2,7,10H2,1H3. The Morgan fingerprint density at radius 2 is 2.00 bits per heavy atom. The highest BCUT2D eigenvalue weighted by atomic mass is 16.2. The second-order valence-electron chi connectivity index (χ2n) is 5.48. The van der Waals surface area contributed by atoms with Crippen LogP contribution in [0.4, 0.5) is 0 Å². The van der Waals surface area contributed by atoms with Gasteiger partial charge in [-0.25, -0.2) is 4.98 Å². The maximum atomic E-state index is 13.0. The first-order chi connectivity index (χ1) is 12.7. The van der Waals surface area contributed by atoms with E-state index in [2.05, 4.69) is 20.2 Å². The predicted molar refractivity (Wildman–Crippen MR) is 93.4 cm³/mol. The van der Waals surface area contributed by atoms with Crippen LogP contribution in [0.1, 0.15) is 28.7 Å². The average Bonchev–Trinajstić information content (AvgIpc) is 3.23. The average molecular weight is 347 g/mol. The molecule has 1 amide bonds. The van der Waals surface area contributed by atoms with Crippen molar-refractivity contribution in [3.8, 4) is 11.8 Å². The highest BCUT2D eigenvalue weighted by Gasteiger charge is 2.19. The number of nitriles is 1. The molecule has 26 heavy (non-hydrogen) atoms. The molecule has 0 spiro atoms. The van der Waals surface area contributed by atoms with E-state index in [9.17, 15) is 4.79 Å². The zero-order chi connectivity index (χ0) is 18.4. The Labute approximate surface area is 150 Å². The molecule has 0 bridgehead atoms. The van der Waals surface area contributed by atoms with Crippen molar-refractivity contribution in [1.29, 1.82) is 5.26 Å². The van der Waals surface area contributed by atoms with Gasteiger partial charge in [0.25, 0.3) is 5.91 Å². The summed E-state index contributed by atoms with van der Waals surface area (Å²) in [5.74, 6) is -0.107. The lowest BCUT2D eigenvalue weighted by Crippen LogP contribution is -2.33. The van der Waals surface area contributed by atoms with E-state index in [0.717, 1.165) is 0 Å². The fourth-order valence-corrected chi connectivity index (χ4v) is 2.57. The minimum Gasteiger partial charge on any atom is -0.338 e. The lowest BCUT2D eigenvalue weighted by atomic mass is 10.1. The highest BCUT2D eigenvalue weighted by Crippen LogP contribution is 2.15. The van der Waals surface area contributed by atoms with Crippen molar-refractivity contribution in [3.63, 3.8) is 0 Å². The van der Waals surface area contributed by atoms with Gasteiger partial charge < -0.3 is 4.90 Å². The molecular formula is C18H17N7O. The molecule has 3 aromatic rings. The molecule has 0 aliphatic heterocycles. The van der Waals surface area contributed by atoms with Crippen molar-refractivity contribution in [1.82, 2.24) is 29.9 Å². The maximum Gasteiger partial charge on any atom is 0.256 e. The summed E-state index contributed by atoms with van der Waals surface area (Å²) in [6.07, 6.45) is 6.68. The zero-order valence-corrected chi connectivity index (χ0v) is 14.3. The van der Waals surface area contributed by atoms with E-state index in [0.29, 0.717) is 36.5 Å². The van der Waals surface area contributed by atoms with Crippen LogP contribution in [0.25, 0.3) is 5.69 Å². The molecule has 8 heteroatoms. The Kier molecular flexibility index (Phi) is 5.29. The number of nitrogens with zero attached hydrogens (tertiary/aromatic N) is 7. The fourth-order valence-electron chi connectivity index (χ4n) is 2.57. The first-order valence-corrected chi connectivity index (χ1v) is 8.19. The molecule has 0 atom stereocenters. The largest absolute Gasteiger partial charge is 0.338 e. The lowest BCUT2D eigenvalue weighted by Gasteiger charge is -2.22. The van der Waals surface area contributed by atoms with Crippen LogP contribution in [0, 0.1) is 11.3 Å². The number of carbonyl (C=O) groups is 1. The van der Waals surface area contributed by atoms with Crippen molar-refractivity contribution in [2.45, 2.75) is 13.3 Å². The Hall–Kier alpha value is -3.60. The number of para-hydroxylation sites is 1. The Morgan fingerprint density at radius 3 is 2.73 bits per heavy atom. The monoisotopic (exact) mass is 347 g/mol. The Morgan fingerprint density at radius 1 is 1.23 bits per heavy atom. The van der Waals surface area contributed by atoms with E-state index in [1.807, 2.05) is 31.2 Å². The molecular weight excluding hydrogens is 330 g/mol. The zero-order valence-electron chi connectivity index (χ0n) is 14.3. The molecule has 0 N–H and O–H groups in total. The van der Waals surface area contributed by atoms with Gasteiger partial charge in [-0.2, -0.15) is 20.3 Å². The summed E-state index contributed by atoms with van der Waals surface area (Å²) in [5, 5.41) is 17.1. The normalized spacial score (nSPS) is 10.3. The highest BCUT2D eigenvalue weighted by molar-refractivity contribution is 5.97. The van der Waals surface area contributed by atoms with E-state index < -0.39 is 0 Å². The molecule has 130 valence electrons. The summed E-state index contributed by atoms with van der Waals surface area (Å²) in [7, 11) is 0. The fraction of sp³-hybridized carbons (Fsp3) is 0.222. The topological polar surface area (TPSA) is 101 Å². The summed E-state index contributed by atoms with van der Waals surface area (Å²) >= 11 is 0. The van der Waals surface area contributed by atoms with Crippen molar-refractivity contribution in [2.24, 2.45) is 0 Å². The SMILES string of the molecule is CCN(CCc1cncc(C#N)n1)C(=O)c1ccccc1-n1nccn1. The smallest absolute Gasteiger partial charge is 0.256 e. The molecule has 0 saturated heterocycles. The predicted octanol–water partition coefficient (Wildman–Crippen LogP) is 1.63. The Bertz CT molecular complexity index is 931. The first kappa shape index (κ1) is 17.2. The molecule has 3 rings (SSSR count). The molecule has 8 nitrogen and oxygen atoms in total. The maximum absolute atomic E-state index is 13.0. The number of aromatic nitrogens is 5. The van der Waals surface area contributed by atoms with E-state index >= 15 is 0 Å². The van der Waals surface area contributed by atoms with Gasteiger partial charge in [0, 0.05) is 25.7 Å². The third-order valence-corrected chi connectivity index (χ3v) is 3.87. The lowest BCUT2D eigenvalue weighted by molar-refractivity contribution is 0.0765. The summed E-state index contributed by atoms with van der Waals surface area (Å²) < 4.78 is 0. The number of carbonyl (C=O) groups excluding carboxylic acids is 1. The summed E-state index contributed by atoms with van der Waals surface area (Å²) in [6, 6.07) is 9.20. The number of amides is 1. The number of benzene rings is 1. The van der Waals surface area contributed by atoms with Gasteiger partial charge in [0.05, 0.1) is 35.5 Å². The molecule has 1 aromatic carbocycles. The van der Waals surface area contributed by atoms with Crippen molar-refractivity contribution >= 4 is 5.91 Å². The van der Waals surface area contributed by atoms with Gasteiger partial charge in [-0.3, -0.25) is 9.78 Å². The quantitative estimate of drug-likeness (QED) is 0.672. The van der Waals surface area contributed by atoms with Crippen molar-refractivity contribution in [2.75, 3.05) is 13.1 Å². The molecule has 2 heterocycles. The molecule has 0 saturated carbocycles. The van der Waals surface area contributed by atoms with E-state index in [1.165, 1.54) is 11.0 Å². The minimum atomic E-state index is -0.107. The van der Waals surface area contributed by atoms with Gasteiger partial charge in [-0.15, -0.1) is 0 Å². The minimum absolute atomic E-state index is 0.107. The number of hydrogen-bond donors (Lipinski definition) is 0. The van der Waals surface area contributed by atoms with E-state index in [4.69, 9.17) is 5.26 Å². The van der Waals surface area contributed by atoms with Gasteiger partial charge in [0.15, 0.2) is 5.69 Å². The molecule has 0 aliphatic carbocycles. The summed E-state index contributed by atoms with van der Waals surface area (Å²) in [6.45, 7) is 2.94. The van der Waals surface area contributed by atoms with Crippen LogP contribution in [0.15, 0.2) is 49.1 Å². The number of rotatable bonds is 6. The number of likely N-dealkylation sites (N-methyl/N-ethyl adjacent to an activating group) is 1. The van der Waals surface area contributed by atoms with E-state index in [1.54, 1.807) is 29.6 Å². The van der Waals surface area contributed by atoms with E-state index in [-0.39, 0.29) is 11.6 Å². The summed E-state index contributed by atoms with van der Waals surface area (Å²) in [4.78, 5) is 24.4. The Balaban J connectivity index is 1.78. The number of hydrogen-bond acceptors (Lipinski definition) is 6. The van der Waals surface area contributed by atoms with Crippen molar-refractivity contribution < 1.29 is 4.79 Å². The van der Waals surface area contributed by atoms with Crippen LogP contribution in [-0.2, 0) is 6.42 Å². The van der Waals surface area contributed by atoms with Crippen LogP contribution >= 0.6 is 0 Å². The second-order valence-corrected chi connectivity index (χ2v) is 5.48. The van der Waals surface area contributed by atoms with Crippen LogP contribution < -0.4 is 0 Å². The first-order valence-electron chi connectivity index (χ1n) is 8.19.